The molecule has 6 heteroatoms. The van der Waals surface area contributed by atoms with Crippen molar-refractivity contribution in [2.45, 2.75) is 17.7 Å². The van der Waals surface area contributed by atoms with E-state index in [2.05, 4.69) is 5.32 Å². The van der Waals surface area contributed by atoms with E-state index >= 15 is 0 Å². The molecule has 1 N–H and O–H groups in total. The fourth-order valence-corrected chi connectivity index (χ4v) is 3.51. The molecule has 0 aliphatic rings. The van der Waals surface area contributed by atoms with Crippen LogP contribution in [0.3, 0.4) is 0 Å². The van der Waals surface area contributed by atoms with Gasteiger partial charge in [0, 0.05) is 11.9 Å². The van der Waals surface area contributed by atoms with Crippen LogP contribution in [0.15, 0.2) is 65.6 Å². The lowest BCUT2D eigenvalue weighted by atomic mass is 9.97. The first kappa shape index (κ1) is 18.9. The lowest BCUT2D eigenvalue weighted by Crippen LogP contribution is -2.19. The average molecular weight is 383 g/mol. The van der Waals surface area contributed by atoms with E-state index in [1.54, 1.807) is 19.2 Å². The second kappa shape index (κ2) is 7.40. The number of carbonyl (C=O) groups is 1. The first-order chi connectivity index (χ1) is 12.8. The topological polar surface area (TPSA) is 72.5 Å². The van der Waals surface area contributed by atoms with E-state index in [0.717, 1.165) is 28.3 Å². The van der Waals surface area contributed by atoms with Crippen LogP contribution in [-0.4, -0.2) is 27.7 Å². The highest BCUT2D eigenvalue weighted by molar-refractivity contribution is 7.90. The van der Waals surface area contributed by atoms with Crippen molar-refractivity contribution in [2.24, 2.45) is 0 Å². The Hall–Kier alpha value is -2.86. The third-order valence-corrected chi connectivity index (χ3v) is 5.60. The van der Waals surface area contributed by atoms with Crippen LogP contribution in [0.4, 0.5) is 5.69 Å². The predicted molar refractivity (Wildman–Crippen MR) is 107 cm³/mol. The molecule has 0 aromatic heterocycles. The van der Waals surface area contributed by atoms with Gasteiger partial charge in [-0.1, -0.05) is 30.3 Å². The molecular weight excluding hydrogens is 362 g/mol. The van der Waals surface area contributed by atoms with Gasteiger partial charge in [0.2, 0.25) is 5.91 Å². The molecule has 0 saturated heterocycles. The molecule has 0 fully saturated rings. The zero-order chi connectivity index (χ0) is 19.6. The molecule has 0 heterocycles. The van der Waals surface area contributed by atoms with Gasteiger partial charge in [-0.25, -0.2) is 8.42 Å². The molecule has 0 aliphatic carbocycles. The summed E-state index contributed by atoms with van der Waals surface area (Å²) in [6, 6.07) is 17.9. The van der Waals surface area contributed by atoms with Crippen molar-refractivity contribution in [1.82, 2.24) is 0 Å². The molecule has 0 radical (unpaired) electrons. The van der Waals surface area contributed by atoms with E-state index in [1.165, 1.54) is 12.1 Å². The van der Waals surface area contributed by atoms with Crippen LogP contribution >= 0.6 is 0 Å². The molecule has 140 valence electrons. The Morgan fingerprint density at radius 3 is 2.41 bits per heavy atom. The summed E-state index contributed by atoms with van der Waals surface area (Å²) in [7, 11) is -1.70. The third kappa shape index (κ3) is 4.28. The molecule has 27 heavy (non-hydrogen) atoms. The number of rotatable bonds is 5. The van der Waals surface area contributed by atoms with Crippen molar-refractivity contribution >= 4 is 32.2 Å². The van der Waals surface area contributed by atoms with Crippen LogP contribution in [-0.2, 0) is 14.6 Å². The maximum Gasteiger partial charge on any atom is 0.231 e. The summed E-state index contributed by atoms with van der Waals surface area (Å²) in [4.78, 5) is 12.8. The second-order valence-corrected chi connectivity index (χ2v) is 8.50. The van der Waals surface area contributed by atoms with E-state index in [0.29, 0.717) is 5.69 Å². The number of hydrogen-bond acceptors (Lipinski definition) is 4. The minimum absolute atomic E-state index is 0.174. The Bertz CT molecular complexity index is 1110. The summed E-state index contributed by atoms with van der Waals surface area (Å²) in [5, 5.41) is 4.85. The zero-order valence-electron chi connectivity index (χ0n) is 15.4. The average Bonchev–Trinajstić information content (AvgIpc) is 2.66. The molecule has 3 aromatic rings. The Labute approximate surface area is 158 Å². The van der Waals surface area contributed by atoms with Crippen LogP contribution in [0, 0.1) is 0 Å². The van der Waals surface area contributed by atoms with Gasteiger partial charge in [0.05, 0.1) is 17.9 Å². The fraction of sp³-hybridized carbons (Fsp3) is 0.190. The van der Waals surface area contributed by atoms with Gasteiger partial charge in [-0.05, 0) is 53.6 Å². The smallest absolute Gasteiger partial charge is 0.231 e. The van der Waals surface area contributed by atoms with Crippen LogP contribution < -0.4 is 10.1 Å². The van der Waals surface area contributed by atoms with Crippen LogP contribution in [0.5, 0.6) is 5.75 Å². The van der Waals surface area contributed by atoms with Gasteiger partial charge in [0.25, 0.3) is 0 Å². The molecule has 0 unspecified atom stereocenters. The normalized spacial score (nSPS) is 12.6. The molecule has 0 spiro atoms. The first-order valence-corrected chi connectivity index (χ1v) is 10.4. The fourth-order valence-electron chi connectivity index (χ4n) is 2.84. The number of methoxy groups -OCH3 is 1. The molecule has 1 amide bonds. The van der Waals surface area contributed by atoms with E-state index in [1.807, 2.05) is 43.3 Å². The van der Waals surface area contributed by atoms with Crippen molar-refractivity contribution < 1.29 is 17.9 Å². The Morgan fingerprint density at radius 2 is 1.70 bits per heavy atom. The number of anilines is 1. The highest BCUT2D eigenvalue weighted by Gasteiger charge is 2.17. The SMILES string of the molecule is COc1ccc2cc([C@H](C)C(=O)Nc3cccc(S(C)(=O)=O)c3)ccc2c1. The molecule has 1 atom stereocenters. The number of carbonyl (C=O) groups excluding carboxylic acids is 1. The number of amides is 1. The number of benzene rings is 3. The van der Waals surface area contributed by atoms with Crippen molar-refractivity contribution in [1.29, 1.82) is 0 Å². The Morgan fingerprint density at radius 1 is 1.00 bits per heavy atom. The van der Waals surface area contributed by atoms with Gasteiger partial charge in [-0.2, -0.15) is 0 Å². The van der Waals surface area contributed by atoms with Crippen LogP contribution in [0.25, 0.3) is 10.8 Å². The van der Waals surface area contributed by atoms with Gasteiger partial charge < -0.3 is 10.1 Å². The van der Waals surface area contributed by atoms with E-state index in [4.69, 9.17) is 4.74 Å². The molecule has 5 nitrogen and oxygen atoms in total. The van der Waals surface area contributed by atoms with Gasteiger partial charge in [-0.15, -0.1) is 0 Å². The van der Waals surface area contributed by atoms with Gasteiger partial charge in [-0.3, -0.25) is 4.79 Å². The van der Waals surface area contributed by atoms with E-state index in [-0.39, 0.29) is 10.8 Å². The van der Waals surface area contributed by atoms with Crippen molar-refractivity contribution in [3.63, 3.8) is 0 Å². The Kier molecular flexibility index (Phi) is 5.19. The maximum atomic E-state index is 12.6. The van der Waals surface area contributed by atoms with Gasteiger partial charge in [0.1, 0.15) is 5.75 Å². The Balaban J connectivity index is 1.82. The summed E-state index contributed by atoms with van der Waals surface area (Å²) in [6.45, 7) is 1.82. The number of nitrogens with one attached hydrogen (secondary N) is 1. The summed E-state index contributed by atoms with van der Waals surface area (Å²) in [6.07, 6.45) is 1.14. The summed E-state index contributed by atoms with van der Waals surface area (Å²) in [5.74, 6) is 0.193. The standard InChI is InChI=1S/C21H21NO4S/c1-14(15-7-8-17-12-19(26-2)10-9-16(17)11-15)21(23)22-18-5-4-6-20(13-18)27(3,24)25/h4-14H,1-3H3,(H,22,23)/t14-/m0/s1. The quantitative estimate of drug-likeness (QED) is 0.723. The maximum absolute atomic E-state index is 12.6. The first-order valence-electron chi connectivity index (χ1n) is 8.46. The lowest BCUT2D eigenvalue weighted by molar-refractivity contribution is -0.117. The monoisotopic (exact) mass is 383 g/mol. The molecule has 0 bridgehead atoms. The van der Waals surface area contributed by atoms with Crippen molar-refractivity contribution in [3.8, 4) is 5.75 Å². The summed E-state index contributed by atoms with van der Waals surface area (Å²) in [5.41, 5.74) is 1.34. The van der Waals surface area contributed by atoms with E-state index < -0.39 is 15.8 Å². The van der Waals surface area contributed by atoms with Crippen LogP contribution in [0.1, 0.15) is 18.4 Å². The number of ether oxygens (including phenoxy) is 1. The van der Waals surface area contributed by atoms with Gasteiger partial charge in [0.15, 0.2) is 9.84 Å². The van der Waals surface area contributed by atoms with E-state index in [9.17, 15) is 13.2 Å². The zero-order valence-corrected chi connectivity index (χ0v) is 16.2. The highest BCUT2D eigenvalue weighted by Crippen LogP contribution is 2.26. The molecule has 3 rings (SSSR count). The second-order valence-electron chi connectivity index (χ2n) is 6.48. The molecule has 0 aliphatic heterocycles. The molecule has 0 saturated carbocycles. The lowest BCUT2D eigenvalue weighted by Gasteiger charge is -2.14. The van der Waals surface area contributed by atoms with Crippen molar-refractivity contribution in [3.05, 3.63) is 66.2 Å². The minimum Gasteiger partial charge on any atom is -0.497 e. The largest absolute Gasteiger partial charge is 0.497 e. The number of sulfone groups is 1. The predicted octanol–water partition coefficient (Wildman–Crippen LogP) is 3.99. The number of fused-ring (bicyclic) bond motifs is 1. The number of hydrogen-bond donors (Lipinski definition) is 1. The van der Waals surface area contributed by atoms with Crippen LogP contribution in [0.2, 0.25) is 0 Å². The van der Waals surface area contributed by atoms with Crippen molar-refractivity contribution in [2.75, 3.05) is 18.7 Å². The van der Waals surface area contributed by atoms with Gasteiger partial charge >= 0.3 is 0 Å². The summed E-state index contributed by atoms with van der Waals surface area (Å²) < 4.78 is 28.6. The minimum atomic E-state index is -3.33. The molecule has 3 aromatic carbocycles. The third-order valence-electron chi connectivity index (χ3n) is 4.49. The summed E-state index contributed by atoms with van der Waals surface area (Å²) >= 11 is 0. The molecular formula is C21H21NO4S. The highest BCUT2D eigenvalue weighted by atomic mass is 32.2.